The van der Waals surface area contributed by atoms with Gasteiger partial charge in [0.25, 0.3) is 5.91 Å². The maximum absolute atomic E-state index is 12.2. The summed E-state index contributed by atoms with van der Waals surface area (Å²) in [5.74, 6) is 0.00283. The quantitative estimate of drug-likeness (QED) is 0.755. The SMILES string of the molecule is COc1nn(C)cc1C(=O)NC[C@H](OCCO)c1cccs1. The molecule has 2 aromatic heterocycles. The van der Waals surface area contributed by atoms with Gasteiger partial charge in [0.05, 0.1) is 20.3 Å². The van der Waals surface area contributed by atoms with E-state index in [1.54, 1.807) is 24.6 Å². The number of aliphatic hydroxyl groups is 1. The molecule has 1 amide bonds. The molecular weight excluding hydrogens is 306 g/mol. The Labute approximate surface area is 132 Å². The second-order valence-corrected chi connectivity index (χ2v) is 5.51. The first-order chi connectivity index (χ1) is 10.7. The summed E-state index contributed by atoms with van der Waals surface area (Å²) in [5, 5.41) is 17.7. The van der Waals surface area contributed by atoms with Gasteiger partial charge in [-0.25, -0.2) is 0 Å². The molecule has 0 aliphatic rings. The van der Waals surface area contributed by atoms with Crippen LogP contribution < -0.4 is 10.1 Å². The Kier molecular flexibility index (Phi) is 5.93. The highest BCUT2D eigenvalue weighted by Gasteiger charge is 2.19. The molecule has 0 fully saturated rings. The Bertz CT molecular complexity index is 597. The van der Waals surface area contributed by atoms with Crippen LogP contribution in [-0.2, 0) is 11.8 Å². The van der Waals surface area contributed by atoms with E-state index in [-0.39, 0.29) is 31.1 Å². The lowest BCUT2D eigenvalue weighted by Gasteiger charge is -2.16. The summed E-state index contributed by atoms with van der Waals surface area (Å²) in [6.07, 6.45) is 1.31. The van der Waals surface area contributed by atoms with E-state index in [1.807, 2.05) is 17.5 Å². The fraction of sp³-hybridized carbons (Fsp3) is 0.429. The number of carbonyl (C=O) groups excluding carboxylic acids is 1. The lowest BCUT2D eigenvalue weighted by atomic mass is 10.2. The van der Waals surface area contributed by atoms with Gasteiger partial charge < -0.3 is 19.9 Å². The van der Waals surface area contributed by atoms with Crippen molar-refractivity contribution in [2.75, 3.05) is 26.9 Å². The number of hydrogen-bond acceptors (Lipinski definition) is 6. The number of rotatable bonds is 8. The van der Waals surface area contributed by atoms with Crippen molar-refractivity contribution in [3.8, 4) is 5.88 Å². The van der Waals surface area contributed by atoms with Gasteiger partial charge in [-0.15, -0.1) is 16.4 Å². The molecule has 8 heteroatoms. The van der Waals surface area contributed by atoms with E-state index in [9.17, 15) is 4.79 Å². The predicted molar refractivity (Wildman–Crippen MR) is 82.2 cm³/mol. The van der Waals surface area contributed by atoms with Gasteiger partial charge in [0.2, 0.25) is 5.88 Å². The number of nitrogens with one attached hydrogen (secondary N) is 1. The van der Waals surface area contributed by atoms with Crippen molar-refractivity contribution in [1.29, 1.82) is 0 Å². The Morgan fingerprint density at radius 3 is 3.05 bits per heavy atom. The smallest absolute Gasteiger partial charge is 0.258 e. The lowest BCUT2D eigenvalue weighted by molar-refractivity contribution is 0.0295. The summed E-state index contributed by atoms with van der Waals surface area (Å²) in [7, 11) is 3.19. The standard InChI is InChI=1S/C14H19N3O4S/c1-17-9-10(14(16-17)20-2)13(19)15-8-11(21-6-5-18)12-4-3-7-22-12/h3-4,7,9,11,18H,5-6,8H2,1-2H3,(H,15,19)/t11-/m0/s1. The van der Waals surface area contributed by atoms with Crippen molar-refractivity contribution in [1.82, 2.24) is 15.1 Å². The van der Waals surface area contributed by atoms with Crippen LogP contribution >= 0.6 is 11.3 Å². The van der Waals surface area contributed by atoms with E-state index < -0.39 is 0 Å². The Morgan fingerprint density at radius 1 is 1.59 bits per heavy atom. The zero-order valence-corrected chi connectivity index (χ0v) is 13.3. The number of ether oxygens (including phenoxy) is 2. The number of hydrogen-bond donors (Lipinski definition) is 2. The first-order valence-corrected chi connectivity index (χ1v) is 7.65. The average molecular weight is 325 g/mol. The van der Waals surface area contributed by atoms with Crippen LogP contribution in [0.4, 0.5) is 0 Å². The number of carbonyl (C=O) groups is 1. The molecule has 1 atom stereocenters. The molecular formula is C14H19N3O4S. The predicted octanol–water partition coefficient (Wildman–Crippen LogP) is 0.970. The molecule has 120 valence electrons. The van der Waals surface area contributed by atoms with Gasteiger partial charge in [-0.3, -0.25) is 9.48 Å². The molecule has 0 spiro atoms. The molecule has 2 aromatic rings. The minimum absolute atomic E-state index is 0.0632. The highest BCUT2D eigenvalue weighted by Crippen LogP contribution is 2.22. The number of nitrogens with zero attached hydrogens (tertiary/aromatic N) is 2. The summed E-state index contributed by atoms with van der Waals surface area (Å²) in [6.45, 7) is 0.457. The zero-order chi connectivity index (χ0) is 15.9. The number of aryl methyl sites for hydroxylation is 1. The van der Waals surface area contributed by atoms with Crippen LogP contribution in [0.1, 0.15) is 21.3 Å². The van der Waals surface area contributed by atoms with E-state index in [0.717, 1.165) is 4.88 Å². The summed E-state index contributed by atoms with van der Waals surface area (Å²) in [6, 6.07) is 3.85. The molecule has 0 aliphatic carbocycles. The Hall–Kier alpha value is -1.90. The molecule has 0 saturated heterocycles. The van der Waals surface area contributed by atoms with Crippen molar-refractivity contribution in [2.45, 2.75) is 6.10 Å². The third-order valence-corrected chi connectivity index (χ3v) is 3.92. The van der Waals surface area contributed by atoms with Crippen LogP contribution in [0.3, 0.4) is 0 Å². The maximum atomic E-state index is 12.2. The van der Waals surface area contributed by atoms with E-state index >= 15 is 0 Å². The van der Waals surface area contributed by atoms with E-state index in [2.05, 4.69) is 10.4 Å². The van der Waals surface area contributed by atoms with Crippen molar-refractivity contribution in [3.63, 3.8) is 0 Å². The second-order valence-electron chi connectivity index (χ2n) is 4.53. The molecule has 2 heterocycles. The monoisotopic (exact) mass is 325 g/mol. The fourth-order valence-corrected chi connectivity index (χ4v) is 2.74. The molecule has 7 nitrogen and oxygen atoms in total. The molecule has 0 bridgehead atoms. The summed E-state index contributed by atoms with van der Waals surface area (Å²) in [5.41, 5.74) is 0.372. The van der Waals surface area contributed by atoms with Gasteiger partial charge in [0.1, 0.15) is 11.7 Å². The highest BCUT2D eigenvalue weighted by atomic mass is 32.1. The van der Waals surface area contributed by atoms with Gasteiger partial charge in [0.15, 0.2) is 0 Å². The number of methoxy groups -OCH3 is 1. The van der Waals surface area contributed by atoms with Gasteiger partial charge in [0, 0.05) is 24.7 Å². The van der Waals surface area contributed by atoms with Crippen LogP contribution in [0.5, 0.6) is 5.88 Å². The molecule has 0 aromatic carbocycles. The van der Waals surface area contributed by atoms with E-state index in [0.29, 0.717) is 12.1 Å². The van der Waals surface area contributed by atoms with Crippen LogP contribution in [0, 0.1) is 0 Å². The first-order valence-electron chi connectivity index (χ1n) is 6.77. The van der Waals surface area contributed by atoms with E-state index in [1.165, 1.54) is 11.8 Å². The lowest BCUT2D eigenvalue weighted by Crippen LogP contribution is -2.29. The summed E-state index contributed by atoms with van der Waals surface area (Å²) in [4.78, 5) is 13.2. The number of amides is 1. The largest absolute Gasteiger partial charge is 0.479 e. The average Bonchev–Trinajstić information content (AvgIpc) is 3.16. The number of aromatic nitrogens is 2. The van der Waals surface area contributed by atoms with Crippen molar-refractivity contribution >= 4 is 17.2 Å². The molecule has 2 N–H and O–H groups in total. The van der Waals surface area contributed by atoms with Gasteiger partial charge in [-0.2, -0.15) is 0 Å². The first kappa shape index (κ1) is 16.5. The van der Waals surface area contributed by atoms with Crippen molar-refractivity contribution in [2.24, 2.45) is 7.05 Å². The molecule has 2 rings (SSSR count). The normalized spacial score (nSPS) is 12.1. The molecule has 0 radical (unpaired) electrons. The van der Waals surface area contributed by atoms with E-state index in [4.69, 9.17) is 14.6 Å². The van der Waals surface area contributed by atoms with Gasteiger partial charge in [-0.05, 0) is 11.4 Å². The number of thiophene rings is 1. The molecule has 0 unspecified atom stereocenters. The van der Waals surface area contributed by atoms with Crippen LogP contribution in [0.15, 0.2) is 23.7 Å². The van der Waals surface area contributed by atoms with Crippen LogP contribution in [-0.4, -0.2) is 47.7 Å². The molecule has 22 heavy (non-hydrogen) atoms. The van der Waals surface area contributed by atoms with Gasteiger partial charge >= 0.3 is 0 Å². The minimum Gasteiger partial charge on any atom is -0.479 e. The fourth-order valence-electron chi connectivity index (χ4n) is 1.97. The minimum atomic E-state index is -0.293. The zero-order valence-electron chi connectivity index (χ0n) is 12.5. The highest BCUT2D eigenvalue weighted by molar-refractivity contribution is 7.10. The van der Waals surface area contributed by atoms with Crippen LogP contribution in [0.2, 0.25) is 0 Å². The number of aliphatic hydroxyl groups excluding tert-OH is 1. The second kappa shape index (κ2) is 7.92. The maximum Gasteiger partial charge on any atom is 0.258 e. The summed E-state index contributed by atoms with van der Waals surface area (Å²) < 4.78 is 12.2. The van der Waals surface area contributed by atoms with Crippen LogP contribution in [0.25, 0.3) is 0 Å². The molecule has 0 aliphatic heterocycles. The molecule has 0 saturated carbocycles. The Balaban J connectivity index is 2.00. The third kappa shape index (κ3) is 4.06. The van der Waals surface area contributed by atoms with Crippen molar-refractivity contribution < 1.29 is 19.4 Å². The van der Waals surface area contributed by atoms with Crippen molar-refractivity contribution in [3.05, 3.63) is 34.2 Å². The third-order valence-electron chi connectivity index (χ3n) is 2.95. The van der Waals surface area contributed by atoms with Gasteiger partial charge in [-0.1, -0.05) is 6.07 Å². The summed E-state index contributed by atoms with van der Waals surface area (Å²) >= 11 is 1.54. The topological polar surface area (TPSA) is 85.6 Å². The Morgan fingerprint density at radius 2 is 2.41 bits per heavy atom.